The summed E-state index contributed by atoms with van der Waals surface area (Å²) in [6.45, 7) is 4.57. The number of hydrogen-bond donors (Lipinski definition) is 0. The summed E-state index contributed by atoms with van der Waals surface area (Å²) >= 11 is 5.66. The molecule has 0 aliphatic carbocycles. The summed E-state index contributed by atoms with van der Waals surface area (Å²) in [6, 6.07) is 159. The van der Waals surface area contributed by atoms with Crippen molar-refractivity contribution in [2.75, 3.05) is 0 Å². The number of hydrogen-bond acceptors (Lipinski definition) is 12. The van der Waals surface area contributed by atoms with Crippen LogP contribution < -0.4 is 0 Å². The summed E-state index contributed by atoms with van der Waals surface area (Å²) in [5.74, 6) is 6.37. The van der Waals surface area contributed by atoms with Crippen LogP contribution >= 0.6 is 34.0 Å². The van der Waals surface area contributed by atoms with Gasteiger partial charge in [0.15, 0.2) is 52.4 Å². The molecule has 0 N–H and O–H groups in total. The number of fused-ring (bicyclic) bond motifs is 20. The lowest BCUT2D eigenvalue weighted by Gasteiger charge is -2.11. The van der Waals surface area contributed by atoms with Crippen molar-refractivity contribution in [2.45, 2.75) is 19.8 Å². The van der Waals surface area contributed by atoms with E-state index < -0.39 is 0 Å². The number of nitrogens with zero attached hydrogens (tertiary/aromatic N) is 12. The van der Waals surface area contributed by atoms with E-state index in [1.54, 1.807) is 0 Å². The van der Waals surface area contributed by atoms with Gasteiger partial charge in [-0.15, -0.1) is 34.0 Å². The topological polar surface area (TPSA) is 131 Å². The predicted molar refractivity (Wildman–Crippen MR) is 590 cm³/mol. The maximum atomic E-state index is 4.96. The minimum Gasteiger partial charge on any atom is -0.309 e. The van der Waals surface area contributed by atoms with Gasteiger partial charge in [0.25, 0.3) is 0 Å². The summed E-state index contributed by atoms with van der Waals surface area (Å²) in [5.41, 5.74) is 22.9. The molecule has 9 heterocycles. The van der Waals surface area contributed by atoms with Crippen LogP contribution in [0.3, 0.4) is 0 Å². The van der Waals surface area contributed by atoms with Crippen molar-refractivity contribution in [2.24, 2.45) is 0 Å². The van der Waals surface area contributed by atoms with E-state index >= 15 is 0 Å². The van der Waals surface area contributed by atoms with E-state index in [0.717, 1.165) is 67.1 Å². The summed E-state index contributed by atoms with van der Waals surface area (Å²) < 4.78 is 15.1. The molecule has 15 heteroatoms. The molecule has 28 aromatic rings. The molecule has 0 spiro atoms. The first kappa shape index (κ1) is 83.8. The maximum absolute atomic E-state index is 4.96. The van der Waals surface area contributed by atoms with E-state index in [0.29, 0.717) is 58.3 Å². The molecule has 0 aliphatic rings. The third kappa shape index (κ3) is 15.2. The molecule has 9 aromatic heterocycles. The SMILES string of the molecule is CC(C)c1cccc2c1sc1c2ccc2c1c1ccccc1n2-c1ccc(-c2nc(-c3ccccc3)nc(-c3ccccc3)n2)cc1.c1ccc(-c2ccc3c(c2)c2c4sc5ccccc5c4ccc2n3-c2ccc(-c3nc(-c4ccccc4)nc(-c4ccccc4)n3)cc2)cc1.c1ccc(-c2nc(-c3ccccc3)nc(-c3ccc(-n4c5ccccc5c5cc6c(cc54)sc4ccccc46)cc3)n2)cc1. The highest BCUT2D eigenvalue weighted by Gasteiger charge is 2.26. The molecule has 0 radical (unpaired) electrons. The maximum Gasteiger partial charge on any atom is 0.164 e. The Labute approximate surface area is 823 Å². The lowest BCUT2D eigenvalue weighted by molar-refractivity contribution is 0.878. The number of benzene rings is 19. The van der Waals surface area contributed by atoms with Crippen LogP contribution in [0.1, 0.15) is 25.3 Å². The van der Waals surface area contributed by atoms with E-state index in [2.05, 4.69) is 301 Å². The van der Waals surface area contributed by atoms with Crippen molar-refractivity contribution >= 4 is 160 Å². The second-order valence-electron chi connectivity index (χ2n) is 35.6. The van der Waals surface area contributed by atoms with Gasteiger partial charge in [0.2, 0.25) is 0 Å². The van der Waals surface area contributed by atoms with Gasteiger partial charge in [0.05, 0.1) is 33.1 Å². The Morgan fingerprint density at radius 3 is 0.894 bits per heavy atom. The first-order valence-electron chi connectivity index (χ1n) is 47.3. The number of thiophene rings is 3. The lowest BCUT2D eigenvalue weighted by atomic mass is 10.0. The minimum absolute atomic E-state index is 0.471. The lowest BCUT2D eigenvalue weighted by Crippen LogP contribution is -2.00. The molecule has 28 rings (SSSR count). The van der Waals surface area contributed by atoms with Crippen molar-refractivity contribution in [1.29, 1.82) is 0 Å². The van der Waals surface area contributed by atoms with Crippen LogP contribution in [0.4, 0.5) is 0 Å². The number of aromatic nitrogens is 12. The number of rotatable bonds is 14. The Kier molecular flexibility index (Phi) is 21.1. The van der Waals surface area contributed by atoms with Crippen LogP contribution in [-0.4, -0.2) is 58.6 Å². The standard InChI is InChI=1S/C45H28N4S.C42H30N4S.C39H24N4S/c1-4-12-29(13-5-1)33-22-26-38-37(28-33)41-39(27-25-36-35-18-10-11-19-40(35)50-42(36)41)49(38)34-23-20-32(21-24-34)45-47-43(30-14-6-2-7-15-30)46-44(48-45)31-16-8-3-9-17-31;1-26(2)31-17-11-18-32-33-24-25-36-37(39(33)47-38(31)32)34-16-9-10-19-35(34)46(36)30-22-20-29(21-23-30)42-44-40(27-12-5-3-6-13-27)43-41(45-42)28-14-7-4-8-15-28;1-3-11-25(12-4-1)37-40-38(26-13-5-2-6-14-26)42-39(41-37)27-19-21-28(22-20-27)43-33-17-9-7-15-29(33)31-23-32-30-16-8-10-18-35(30)44-36(32)24-34(31)43/h1-28H;3-26H,1-2H3;1-24H. The van der Waals surface area contributed by atoms with Crippen LogP contribution in [0, 0.1) is 0 Å². The predicted octanol–water partition coefficient (Wildman–Crippen LogP) is 33.8. The second kappa shape index (κ2) is 35.4. The van der Waals surface area contributed by atoms with Crippen LogP contribution in [0.15, 0.2) is 455 Å². The fourth-order valence-electron chi connectivity index (χ4n) is 20.0. The van der Waals surface area contributed by atoms with E-state index in [1.807, 2.05) is 216 Å². The quantitative estimate of drug-likeness (QED) is 0.104. The average Bonchev–Trinajstić information content (AvgIpc) is 1.58. The highest BCUT2D eigenvalue weighted by molar-refractivity contribution is 7.27. The van der Waals surface area contributed by atoms with Crippen LogP contribution in [0.25, 0.3) is 257 Å². The highest BCUT2D eigenvalue weighted by atomic mass is 32.1. The summed E-state index contributed by atoms with van der Waals surface area (Å²) in [4.78, 5) is 44.2. The zero-order chi connectivity index (χ0) is 93.5. The molecule has 664 valence electrons. The highest BCUT2D eigenvalue weighted by Crippen LogP contribution is 2.49. The Bertz CT molecular complexity index is 9490. The second-order valence-corrected chi connectivity index (χ2v) is 38.8. The van der Waals surface area contributed by atoms with Gasteiger partial charge >= 0.3 is 0 Å². The monoisotopic (exact) mass is 1860 g/mol. The first-order valence-corrected chi connectivity index (χ1v) is 49.8. The molecule has 0 saturated heterocycles. The third-order valence-corrected chi connectivity index (χ3v) is 30.4. The Hall–Kier alpha value is -17.7. The normalized spacial score (nSPS) is 11.7. The van der Waals surface area contributed by atoms with Crippen LogP contribution in [-0.2, 0) is 0 Å². The fourth-order valence-corrected chi connectivity index (χ4v) is 23.9. The molecule has 0 unspecified atom stereocenters. The summed E-state index contributed by atoms with van der Waals surface area (Å²) in [5, 5.41) is 15.6. The molecule has 19 aromatic carbocycles. The molecule has 0 saturated carbocycles. The van der Waals surface area contributed by atoms with Gasteiger partial charge in [0, 0.05) is 160 Å². The Balaban J connectivity index is 0.000000109. The van der Waals surface area contributed by atoms with Crippen LogP contribution in [0.5, 0.6) is 0 Å². The van der Waals surface area contributed by atoms with E-state index in [1.165, 1.54) is 143 Å². The minimum atomic E-state index is 0.471. The third-order valence-electron chi connectivity index (χ3n) is 26.8. The van der Waals surface area contributed by atoms with Crippen molar-refractivity contribution in [3.63, 3.8) is 0 Å². The van der Waals surface area contributed by atoms with Crippen molar-refractivity contribution in [3.05, 3.63) is 461 Å². The zero-order valence-corrected chi connectivity index (χ0v) is 78.9. The largest absolute Gasteiger partial charge is 0.309 e. The molecule has 0 amide bonds. The fraction of sp³-hybridized carbons (Fsp3) is 0.0238. The molecule has 0 fully saturated rings. The van der Waals surface area contributed by atoms with Crippen molar-refractivity contribution in [1.82, 2.24) is 58.6 Å². The van der Waals surface area contributed by atoms with Gasteiger partial charge in [0.1, 0.15) is 0 Å². The van der Waals surface area contributed by atoms with Gasteiger partial charge in [-0.25, -0.2) is 44.9 Å². The molecular formula is C126H82N12S3. The zero-order valence-electron chi connectivity index (χ0n) is 76.5. The van der Waals surface area contributed by atoms with Crippen molar-refractivity contribution < 1.29 is 0 Å². The van der Waals surface area contributed by atoms with E-state index in [4.69, 9.17) is 44.9 Å². The van der Waals surface area contributed by atoms with Gasteiger partial charge in [-0.2, -0.15) is 0 Å². The van der Waals surface area contributed by atoms with Crippen molar-refractivity contribution in [3.8, 4) is 131 Å². The first-order chi connectivity index (χ1) is 69.7. The molecule has 0 bridgehead atoms. The summed E-state index contributed by atoms with van der Waals surface area (Å²) in [6.07, 6.45) is 0. The van der Waals surface area contributed by atoms with Gasteiger partial charge in [-0.3, -0.25) is 0 Å². The molecule has 0 aliphatic heterocycles. The van der Waals surface area contributed by atoms with Gasteiger partial charge in [-0.05, 0) is 156 Å². The molecular weight excluding hydrogens is 1780 g/mol. The number of para-hydroxylation sites is 2. The molecule has 12 nitrogen and oxygen atoms in total. The van der Waals surface area contributed by atoms with E-state index in [9.17, 15) is 0 Å². The average molecular weight is 1860 g/mol. The smallest absolute Gasteiger partial charge is 0.164 e. The molecule has 141 heavy (non-hydrogen) atoms. The molecule has 0 atom stereocenters. The van der Waals surface area contributed by atoms with E-state index in [-0.39, 0.29) is 0 Å². The summed E-state index contributed by atoms with van der Waals surface area (Å²) in [7, 11) is 0. The Morgan fingerprint density at radius 1 is 0.170 bits per heavy atom. The Morgan fingerprint density at radius 2 is 0.468 bits per heavy atom. The van der Waals surface area contributed by atoms with Crippen LogP contribution in [0.2, 0.25) is 0 Å². The van der Waals surface area contributed by atoms with Gasteiger partial charge < -0.3 is 13.7 Å². The van der Waals surface area contributed by atoms with Gasteiger partial charge in [-0.1, -0.05) is 335 Å².